The maximum absolute atomic E-state index is 12.5. The third kappa shape index (κ3) is 4.67. The molecule has 0 aromatic heterocycles. The van der Waals surface area contributed by atoms with Crippen molar-refractivity contribution >= 4 is 11.9 Å². The highest BCUT2D eigenvalue weighted by Crippen LogP contribution is 2.26. The minimum absolute atomic E-state index is 0.298. The molecule has 5 heteroatoms. The van der Waals surface area contributed by atoms with E-state index in [1.54, 1.807) is 24.3 Å². The smallest absolute Gasteiger partial charge is 0.309 e. The topological polar surface area (TPSA) is 75.6 Å². The molecule has 24 heavy (non-hydrogen) atoms. The number of amides is 1. The monoisotopic (exact) mass is 327 g/mol. The Kier molecular flexibility index (Phi) is 6.51. The van der Waals surface area contributed by atoms with Crippen molar-refractivity contribution in [3.63, 3.8) is 0 Å². The highest BCUT2D eigenvalue weighted by molar-refractivity contribution is 5.94. The molecule has 0 saturated heterocycles. The predicted octanol–water partition coefficient (Wildman–Crippen LogP) is 2.90. The van der Waals surface area contributed by atoms with E-state index in [4.69, 9.17) is 4.74 Å². The van der Waals surface area contributed by atoms with Gasteiger partial charge in [-0.3, -0.25) is 9.59 Å². The minimum Gasteiger partial charge on any atom is -0.481 e. The first-order chi connectivity index (χ1) is 11.6. The fourth-order valence-electron chi connectivity index (χ4n) is 2.57. The van der Waals surface area contributed by atoms with Crippen molar-refractivity contribution in [2.24, 2.45) is 5.92 Å². The second-order valence-corrected chi connectivity index (χ2v) is 5.45. The van der Waals surface area contributed by atoms with E-state index in [1.165, 1.54) is 7.11 Å². The van der Waals surface area contributed by atoms with Gasteiger partial charge in [0.1, 0.15) is 0 Å². The van der Waals surface area contributed by atoms with Crippen molar-refractivity contribution < 1.29 is 19.4 Å². The standard InChI is InChI=1S/C19H21NO4/c1-24-13-12-16(19(22)23)17(14-8-4-2-5-9-14)20-18(21)15-10-6-3-7-11-15/h2-11,16-17H,12-13H2,1H3,(H,20,21)(H,22,23)/t16-,17?/m1/s1. The van der Waals surface area contributed by atoms with E-state index in [0.717, 1.165) is 5.56 Å². The molecule has 0 heterocycles. The molecular formula is C19H21NO4. The van der Waals surface area contributed by atoms with E-state index in [9.17, 15) is 14.7 Å². The Morgan fingerprint density at radius 2 is 1.62 bits per heavy atom. The maximum atomic E-state index is 12.5. The van der Waals surface area contributed by atoms with Gasteiger partial charge in [-0.25, -0.2) is 0 Å². The number of rotatable bonds is 8. The zero-order valence-corrected chi connectivity index (χ0v) is 13.5. The Bertz CT molecular complexity index is 658. The molecule has 0 aliphatic rings. The quantitative estimate of drug-likeness (QED) is 0.782. The lowest BCUT2D eigenvalue weighted by Crippen LogP contribution is -2.37. The minimum atomic E-state index is -0.964. The van der Waals surface area contributed by atoms with Crippen LogP contribution in [-0.2, 0) is 9.53 Å². The third-order valence-corrected chi connectivity index (χ3v) is 3.83. The Morgan fingerprint density at radius 1 is 1.04 bits per heavy atom. The summed E-state index contributed by atoms with van der Waals surface area (Å²) in [5.41, 5.74) is 1.25. The molecule has 2 aromatic rings. The van der Waals surface area contributed by atoms with Crippen LogP contribution >= 0.6 is 0 Å². The largest absolute Gasteiger partial charge is 0.481 e. The van der Waals surface area contributed by atoms with Crippen LogP contribution in [0.4, 0.5) is 0 Å². The number of carbonyl (C=O) groups is 2. The van der Waals surface area contributed by atoms with Crippen molar-refractivity contribution in [3.8, 4) is 0 Å². The van der Waals surface area contributed by atoms with Crippen molar-refractivity contribution in [1.29, 1.82) is 0 Å². The number of methoxy groups -OCH3 is 1. The molecule has 0 fully saturated rings. The van der Waals surface area contributed by atoms with Gasteiger partial charge in [-0.2, -0.15) is 0 Å². The molecule has 1 unspecified atom stereocenters. The summed E-state index contributed by atoms with van der Waals surface area (Å²) in [5, 5.41) is 12.5. The number of carboxylic acids is 1. The predicted molar refractivity (Wildman–Crippen MR) is 90.7 cm³/mol. The fraction of sp³-hybridized carbons (Fsp3) is 0.263. The Balaban J connectivity index is 2.28. The number of carbonyl (C=O) groups excluding carboxylic acids is 1. The van der Waals surface area contributed by atoms with Crippen LogP contribution in [0.2, 0.25) is 0 Å². The molecule has 0 spiro atoms. The van der Waals surface area contributed by atoms with Crippen LogP contribution in [0.25, 0.3) is 0 Å². The zero-order valence-electron chi connectivity index (χ0n) is 13.5. The zero-order chi connectivity index (χ0) is 17.4. The molecule has 0 aliphatic heterocycles. The van der Waals surface area contributed by atoms with Crippen LogP contribution < -0.4 is 5.32 Å². The average Bonchev–Trinajstić information content (AvgIpc) is 2.62. The van der Waals surface area contributed by atoms with E-state index in [2.05, 4.69) is 5.32 Å². The molecule has 0 aliphatic carbocycles. The lowest BCUT2D eigenvalue weighted by Gasteiger charge is -2.25. The summed E-state index contributed by atoms with van der Waals surface area (Å²) >= 11 is 0. The SMILES string of the molecule is COCC[C@@H](C(=O)O)C(NC(=O)c1ccccc1)c1ccccc1. The Morgan fingerprint density at radius 3 is 2.17 bits per heavy atom. The summed E-state index contributed by atoms with van der Waals surface area (Å²) in [4.78, 5) is 24.2. The number of ether oxygens (including phenoxy) is 1. The number of nitrogens with one attached hydrogen (secondary N) is 1. The van der Waals surface area contributed by atoms with Crippen LogP contribution in [0.15, 0.2) is 60.7 Å². The summed E-state index contributed by atoms with van der Waals surface area (Å²) in [7, 11) is 1.53. The second-order valence-electron chi connectivity index (χ2n) is 5.45. The molecule has 126 valence electrons. The molecule has 0 saturated carbocycles. The van der Waals surface area contributed by atoms with E-state index in [0.29, 0.717) is 18.6 Å². The normalized spacial score (nSPS) is 13.0. The van der Waals surface area contributed by atoms with Crippen LogP contribution in [0.3, 0.4) is 0 Å². The summed E-state index contributed by atoms with van der Waals surface area (Å²) in [6.45, 7) is 0.307. The molecular weight excluding hydrogens is 306 g/mol. The number of aliphatic carboxylic acids is 1. The van der Waals surface area contributed by atoms with Crippen molar-refractivity contribution in [3.05, 3.63) is 71.8 Å². The van der Waals surface area contributed by atoms with Crippen LogP contribution in [0, 0.1) is 5.92 Å². The first-order valence-electron chi connectivity index (χ1n) is 7.76. The van der Waals surface area contributed by atoms with Crippen LogP contribution in [-0.4, -0.2) is 30.7 Å². The van der Waals surface area contributed by atoms with E-state index in [1.807, 2.05) is 36.4 Å². The maximum Gasteiger partial charge on any atom is 0.309 e. The van der Waals surface area contributed by atoms with Gasteiger partial charge in [-0.05, 0) is 24.1 Å². The summed E-state index contributed by atoms with van der Waals surface area (Å²) < 4.78 is 5.02. The number of benzene rings is 2. The van der Waals surface area contributed by atoms with Crippen LogP contribution in [0.1, 0.15) is 28.4 Å². The summed E-state index contributed by atoms with van der Waals surface area (Å²) in [6, 6.07) is 17.3. The van der Waals surface area contributed by atoms with E-state index < -0.39 is 17.9 Å². The highest BCUT2D eigenvalue weighted by Gasteiger charge is 2.30. The van der Waals surface area contributed by atoms with Gasteiger partial charge in [0.25, 0.3) is 5.91 Å². The van der Waals surface area contributed by atoms with E-state index >= 15 is 0 Å². The number of hydrogen-bond acceptors (Lipinski definition) is 3. The van der Waals surface area contributed by atoms with Gasteiger partial charge in [-0.15, -0.1) is 0 Å². The third-order valence-electron chi connectivity index (χ3n) is 3.83. The molecule has 2 rings (SSSR count). The van der Waals surface area contributed by atoms with E-state index in [-0.39, 0.29) is 5.91 Å². The molecule has 2 aromatic carbocycles. The van der Waals surface area contributed by atoms with Gasteiger partial charge in [0, 0.05) is 19.3 Å². The summed E-state index contributed by atoms with van der Waals surface area (Å²) in [5.74, 6) is -2.04. The first kappa shape index (κ1) is 17.7. The molecule has 2 N–H and O–H groups in total. The summed E-state index contributed by atoms with van der Waals surface area (Å²) in [6.07, 6.45) is 0.306. The van der Waals surface area contributed by atoms with Crippen molar-refractivity contribution in [1.82, 2.24) is 5.32 Å². The van der Waals surface area contributed by atoms with Gasteiger partial charge >= 0.3 is 5.97 Å². The van der Waals surface area contributed by atoms with Gasteiger partial charge in [0.05, 0.1) is 12.0 Å². The van der Waals surface area contributed by atoms with Crippen molar-refractivity contribution in [2.75, 3.05) is 13.7 Å². The lowest BCUT2D eigenvalue weighted by molar-refractivity contribution is -0.143. The van der Waals surface area contributed by atoms with Crippen LogP contribution in [0.5, 0.6) is 0 Å². The molecule has 5 nitrogen and oxygen atoms in total. The Labute approximate surface area is 141 Å². The van der Waals surface area contributed by atoms with Crippen molar-refractivity contribution in [2.45, 2.75) is 12.5 Å². The van der Waals surface area contributed by atoms with Gasteiger partial charge in [0.15, 0.2) is 0 Å². The second kappa shape index (κ2) is 8.84. The average molecular weight is 327 g/mol. The highest BCUT2D eigenvalue weighted by atomic mass is 16.5. The number of hydrogen-bond donors (Lipinski definition) is 2. The van der Waals surface area contributed by atoms with Gasteiger partial charge < -0.3 is 15.2 Å². The number of carboxylic acid groups (broad SMARTS) is 1. The molecule has 0 bridgehead atoms. The fourth-order valence-corrected chi connectivity index (χ4v) is 2.57. The molecule has 0 radical (unpaired) electrons. The molecule has 1 amide bonds. The first-order valence-corrected chi connectivity index (χ1v) is 7.76. The Hall–Kier alpha value is -2.66. The van der Waals surface area contributed by atoms with Gasteiger partial charge in [0.2, 0.25) is 0 Å². The molecule has 2 atom stereocenters. The lowest BCUT2D eigenvalue weighted by atomic mass is 9.90. The van der Waals surface area contributed by atoms with Gasteiger partial charge in [-0.1, -0.05) is 48.5 Å².